The summed E-state index contributed by atoms with van der Waals surface area (Å²) in [5.74, 6) is -0.867. The second kappa shape index (κ2) is 14.9. The molecular weight excluding hydrogens is 782 g/mol. The molecular formula is C46H50ClN7O6. The first-order valence-corrected chi connectivity index (χ1v) is 21.4. The van der Waals surface area contributed by atoms with E-state index in [9.17, 15) is 29.2 Å². The van der Waals surface area contributed by atoms with Crippen molar-refractivity contribution >= 4 is 52.5 Å². The highest BCUT2D eigenvalue weighted by Gasteiger charge is 2.64. The van der Waals surface area contributed by atoms with Crippen LogP contribution < -0.4 is 25.2 Å². The summed E-state index contributed by atoms with van der Waals surface area (Å²) >= 11 is 6.26. The first-order valence-electron chi connectivity index (χ1n) is 21.0. The van der Waals surface area contributed by atoms with Gasteiger partial charge >= 0.3 is 0 Å². The minimum Gasteiger partial charge on any atom is -0.489 e. The van der Waals surface area contributed by atoms with E-state index in [4.69, 9.17) is 16.3 Å². The van der Waals surface area contributed by atoms with Crippen molar-refractivity contribution < 1.29 is 28.7 Å². The Bertz CT molecular complexity index is 2320. The highest BCUT2D eigenvalue weighted by atomic mass is 35.5. The third kappa shape index (κ3) is 6.78. The Morgan fingerprint density at radius 2 is 1.58 bits per heavy atom. The topological polar surface area (TPSA) is 155 Å². The number of piperazine rings is 1. The van der Waals surface area contributed by atoms with E-state index in [1.54, 1.807) is 30.3 Å². The molecule has 14 heteroatoms. The van der Waals surface area contributed by atoms with Crippen LogP contribution in [0.15, 0.2) is 60.7 Å². The summed E-state index contributed by atoms with van der Waals surface area (Å²) in [6.45, 7) is 13.2. The maximum atomic E-state index is 13.5. The van der Waals surface area contributed by atoms with Crippen LogP contribution in [0.25, 0.3) is 0 Å². The van der Waals surface area contributed by atoms with Crippen LogP contribution in [-0.2, 0) is 9.59 Å². The number of benzene rings is 3. The zero-order valence-electron chi connectivity index (χ0n) is 34.4. The first kappa shape index (κ1) is 40.0. The third-order valence-corrected chi connectivity index (χ3v) is 14.5. The number of hydrogen-bond acceptors (Lipinski definition) is 10. The van der Waals surface area contributed by atoms with Gasteiger partial charge in [0.1, 0.15) is 24.0 Å². The lowest BCUT2D eigenvalue weighted by atomic mass is 9.49. The molecule has 0 unspecified atom stereocenters. The Balaban J connectivity index is 0.747. The number of ether oxygens (including phenoxy) is 1. The Hall–Kier alpha value is -5.45. The number of rotatable bonds is 9. The SMILES string of the molecule is CC1(C)C(NC(=O)c2ccc(N3CCC(CN4C[C@@H]5C[C@H]4CN5c4ccc5c(c4)C(=O)N([C@H]4CCC(=O)NC4=O)C5=O)CC3)cc2)C(C)(C)C1Oc1ccc(C#N)c(Cl)c1. The number of carbonyl (C=O) groups excluding carboxylic acids is 5. The van der Waals surface area contributed by atoms with Gasteiger partial charge in [-0.2, -0.15) is 5.26 Å². The van der Waals surface area contributed by atoms with E-state index in [-0.39, 0.29) is 47.6 Å². The Kier molecular flexibility index (Phi) is 9.94. The summed E-state index contributed by atoms with van der Waals surface area (Å²) in [5, 5.41) is 15.1. The molecule has 60 heavy (non-hydrogen) atoms. The fourth-order valence-electron chi connectivity index (χ4n) is 11.3. The number of nitrogens with zero attached hydrogens (tertiary/aromatic N) is 5. The van der Waals surface area contributed by atoms with Crippen molar-refractivity contribution in [2.45, 2.75) is 90.1 Å². The molecule has 5 fully saturated rings. The second-order valence-electron chi connectivity index (χ2n) is 18.6. The molecule has 0 spiro atoms. The van der Waals surface area contributed by atoms with Gasteiger partial charge in [0, 0.05) is 91.1 Å². The molecule has 1 saturated carbocycles. The van der Waals surface area contributed by atoms with Crippen molar-refractivity contribution in [3.05, 3.63) is 87.9 Å². The molecule has 6 aliphatic rings. The van der Waals surface area contributed by atoms with Gasteiger partial charge in [0.05, 0.1) is 21.7 Å². The standard InChI is InChI=1S/C46H50ClN7O6/c1-45(2)43(46(3,4)44(45)60-33-11-7-28(22-48)36(47)21-33)50-39(56)27-5-8-29(9-6-27)51-17-15-26(16-18-51)23-52-24-32-19-31(52)25-53(32)30-10-12-34-35(20-30)42(59)54(41(34)58)37-13-14-38(55)49-40(37)57/h5-12,20-21,26,31-32,37,43-44H,13-19,23-25H2,1-4H3,(H,50,56)(H,49,55,57)/t31-,32-,37-,43?,44?/m0/s1. The quantitative estimate of drug-likeness (QED) is 0.268. The monoisotopic (exact) mass is 831 g/mol. The van der Waals surface area contributed by atoms with Gasteiger partial charge in [-0.15, -0.1) is 0 Å². The molecule has 1 aliphatic carbocycles. The fraction of sp³-hybridized carbons (Fsp3) is 0.478. The largest absolute Gasteiger partial charge is 0.489 e. The Morgan fingerprint density at radius 3 is 2.23 bits per heavy atom. The van der Waals surface area contributed by atoms with E-state index in [2.05, 4.69) is 71.2 Å². The highest BCUT2D eigenvalue weighted by molar-refractivity contribution is 6.31. The molecule has 3 atom stereocenters. The van der Waals surface area contributed by atoms with Crippen molar-refractivity contribution in [2.75, 3.05) is 42.5 Å². The Labute approximate surface area is 354 Å². The number of piperidine rings is 2. The predicted octanol–water partition coefficient (Wildman–Crippen LogP) is 5.40. The zero-order chi connectivity index (χ0) is 42.2. The molecule has 5 aliphatic heterocycles. The van der Waals surface area contributed by atoms with Gasteiger partial charge in [0.15, 0.2) is 0 Å². The van der Waals surface area contributed by atoms with Gasteiger partial charge in [0.25, 0.3) is 17.7 Å². The van der Waals surface area contributed by atoms with Gasteiger partial charge < -0.3 is 19.9 Å². The molecule has 4 saturated heterocycles. The van der Waals surface area contributed by atoms with E-state index < -0.39 is 23.8 Å². The van der Waals surface area contributed by atoms with E-state index in [1.807, 2.05) is 18.2 Å². The lowest BCUT2D eigenvalue weighted by Gasteiger charge is -2.63. The summed E-state index contributed by atoms with van der Waals surface area (Å²) in [6.07, 6.45) is 3.29. The number of carbonyl (C=O) groups is 5. The summed E-state index contributed by atoms with van der Waals surface area (Å²) in [7, 11) is 0. The molecule has 3 aromatic carbocycles. The number of nitrogens with one attached hydrogen (secondary N) is 2. The van der Waals surface area contributed by atoms with E-state index in [0.29, 0.717) is 51.0 Å². The number of imide groups is 2. The summed E-state index contributed by atoms with van der Waals surface area (Å²) in [4.78, 5) is 72.7. The highest BCUT2D eigenvalue weighted by Crippen LogP contribution is 2.55. The van der Waals surface area contributed by atoms with Gasteiger partial charge in [-0.3, -0.25) is 39.1 Å². The van der Waals surface area contributed by atoms with Crippen molar-refractivity contribution in [2.24, 2.45) is 16.7 Å². The molecule has 312 valence electrons. The molecule has 13 nitrogen and oxygen atoms in total. The van der Waals surface area contributed by atoms with Crippen LogP contribution in [0.2, 0.25) is 5.02 Å². The average Bonchev–Trinajstić information content (AvgIpc) is 3.90. The van der Waals surface area contributed by atoms with Gasteiger partial charge in [0.2, 0.25) is 11.8 Å². The average molecular weight is 832 g/mol. The van der Waals surface area contributed by atoms with Crippen LogP contribution in [-0.4, -0.2) is 102 Å². The number of fused-ring (bicyclic) bond motifs is 3. The van der Waals surface area contributed by atoms with Crippen LogP contribution in [0.3, 0.4) is 0 Å². The summed E-state index contributed by atoms with van der Waals surface area (Å²) < 4.78 is 6.39. The van der Waals surface area contributed by atoms with Crippen molar-refractivity contribution in [3.63, 3.8) is 0 Å². The molecule has 2 bridgehead atoms. The summed E-state index contributed by atoms with van der Waals surface area (Å²) in [5.41, 5.74) is 2.98. The molecule has 5 amide bonds. The fourth-order valence-corrected chi connectivity index (χ4v) is 11.5. The lowest BCUT2D eigenvalue weighted by molar-refractivity contribution is -0.164. The lowest BCUT2D eigenvalue weighted by Crippen LogP contribution is -2.74. The van der Waals surface area contributed by atoms with Crippen molar-refractivity contribution in [1.82, 2.24) is 20.4 Å². The van der Waals surface area contributed by atoms with Gasteiger partial charge in [-0.05, 0) is 86.2 Å². The van der Waals surface area contributed by atoms with E-state index in [0.717, 1.165) is 68.3 Å². The van der Waals surface area contributed by atoms with Crippen molar-refractivity contribution in [3.8, 4) is 11.8 Å². The molecule has 0 aromatic heterocycles. The smallest absolute Gasteiger partial charge is 0.262 e. The van der Waals surface area contributed by atoms with Crippen LogP contribution in [0.4, 0.5) is 11.4 Å². The van der Waals surface area contributed by atoms with E-state index in [1.165, 1.54) is 0 Å². The minimum absolute atomic E-state index is 0.0932. The zero-order valence-corrected chi connectivity index (χ0v) is 35.1. The number of likely N-dealkylation sites (tertiary alicyclic amines) is 1. The Morgan fingerprint density at radius 1 is 0.883 bits per heavy atom. The maximum Gasteiger partial charge on any atom is 0.262 e. The number of halogens is 1. The van der Waals surface area contributed by atoms with Gasteiger partial charge in [-0.1, -0.05) is 39.3 Å². The number of hydrogen-bond donors (Lipinski definition) is 2. The van der Waals surface area contributed by atoms with Crippen LogP contribution in [0.1, 0.15) is 96.4 Å². The van der Waals surface area contributed by atoms with Crippen LogP contribution in [0.5, 0.6) is 5.75 Å². The number of anilines is 2. The molecule has 9 rings (SSSR count). The number of nitriles is 1. The third-order valence-electron chi connectivity index (χ3n) is 14.1. The molecule has 0 radical (unpaired) electrons. The predicted molar refractivity (Wildman–Crippen MR) is 225 cm³/mol. The molecule has 5 heterocycles. The van der Waals surface area contributed by atoms with Crippen LogP contribution >= 0.6 is 11.6 Å². The van der Waals surface area contributed by atoms with E-state index >= 15 is 0 Å². The maximum absolute atomic E-state index is 13.5. The minimum atomic E-state index is -0.972. The normalized spacial score (nSPS) is 27.1. The second-order valence-corrected chi connectivity index (χ2v) is 19.0. The van der Waals surface area contributed by atoms with Gasteiger partial charge in [-0.25, -0.2) is 0 Å². The molecule has 2 N–H and O–H groups in total. The van der Waals surface area contributed by atoms with Crippen LogP contribution in [0, 0.1) is 28.1 Å². The first-order chi connectivity index (χ1) is 28.6. The molecule has 3 aromatic rings. The summed E-state index contributed by atoms with van der Waals surface area (Å²) in [6, 6.07) is 20.2. The number of amides is 5. The van der Waals surface area contributed by atoms with Crippen molar-refractivity contribution in [1.29, 1.82) is 5.26 Å².